The van der Waals surface area contributed by atoms with Gasteiger partial charge in [-0.15, -0.1) is 0 Å². The van der Waals surface area contributed by atoms with Crippen molar-refractivity contribution in [3.8, 4) is 0 Å². The number of H-pyrrole nitrogens is 1. The molecule has 2 aromatic rings. The fraction of sp³-hybridized carbons (Fsp3) is 0.444. The van der Waals surface area contributed by atoms with Gasteiger partial charge in [0.2, 0.25) is 0 Å². The van der Waals surface area contributed by atoms with E-state index in [0.29, 0.717) is 0 Å². The monoisotopic (exact) mass is 314 g/mol. The first kappa shape index (κ1) is 15.6. The topological polar surface area (TPSA) is 62.4 Å². The van der Waals surface area contributed by atoms with Crippen molar-refractivity contribution in [3.05, 3.63) is 36.0 Å². The fourth-order valence-electron chi connectivity index (χ4n) is 3.18. The van der Waals surface area contributed by atoms with E-state index in [9.17, 15) is 9.59 Å². The van der Waals surface area contributed by atoms with E-state index in [2.05, 4.69) is 4.98 Å². The van der Waals surface area contributed by atoms with Gasteiger partial charge in [0.05, 0.1) is 6.42 Å². The number of para-hydroxylation sites is 1. The number of aromatic amines is 1. The van der Waals surface area contributed by atoms with E-state index in [1.165, 1.54) is 0 Å². The Morgan fingerprint density at radius 3 is 2.96 bits per heavy atom. The largest absolute Gasteiger partial charge is 0.455 e. The van der Waals surface area contributed by atoms with Gasteiger partial charge in [0.25, 0.3) is 5.91 Å². The Kier molecular flexibility index (Phi) is 4.65. The van der Waals surface area contributed by atoms with Crippen molar-refractivity contribution in [1.82, 2.24) is 9.88 Å². The third-order valence-electron chi connectivity index (χ3n) is 4.49. The van der Waals surface area contributed by atoms with Gasteiger partial charge in [-0.2, -0.15) is 0 Å². The predicted molar refractivity (Wildman–Crippen MR) is 88.0 cm³/mol. The maximum absolute atomic E-state index is 12.2. The second-order valence-electron chi connectivity index (χ2n) is 6.13. The van der Waals surface area contributed by atoms with Crippen LogP contribution in [0.1, 0.15) is 31.7 Å². The zero-order valence-corrected chi connectivity index (χ0v) is 13.4. The van der Waals surface area contributed by atoms with Crippen LogP contribution in [0, 0.1) is 0 Å². The van der Waals surface area contributed by atoms with Crippen LogP contribution < -0.4 is 0 Å². The maximum atomic E-state index is 12.2. The molecule has 0 aliphatic carbocycles. The van der Waals surface area contributed by atoms with E-state index in [-0.39, 0.29) is 30.9 Å². The molecule has 1 atom stereocenters. The van der Waals surface area contributed by atoms with Gasteiger partial charge in [0.15, 0.2) is 6.61 Å². The number of nitrogens with one attached hydrogen (secondary N) is 1. The average molecular weight is 314 g/mol. The molecule has 1 N–H and O–H groups in total. The highest BCUT2D eigenvalue weighted by atomic mass is 16.5. The summed E-state index contributed by atoms with van der Waals surface area (Å²) in [5.41, 5.74) is 1.89. The van der Waals surface area contributed by atoms with Crippen LogP contribution in [-0.2, 0) is 20.7 Å². The highest BCUT2D eigenvalue weighted by Crippen LogP contribution is 2.19. The maximum Gasteiger partial charge on any atom is 0.310 e. The second kappa shape index (κ2) is 6.86. The van der Waals surface area contributed by atoms with Crippen molar-refractivity contribution in [3.63, 3.8) is 0 Å². The molecule has 5 nitrogen and oxygen atoms in total. The molecule has 1 fully saturated rings. The quantitative estimate of drug-likeness (QED) is 0.883. The number of carbonyl (C=O) groups is 2. The van der Waals surface area contributed by atoms with E-state index in [4.69, 9.17) is 4.74 Å². The Morgan fingerprint density at radius 1 is 1.30 bits per heavy atom. The Bertz CT molecular complexity index is 707. The number of amides is 1. The van der Waals surface area contributed by atoms with E-state index in [0.717, 1.165) is 42.3 Å². The summed E-state index contributed by atoms with van der Waals surface area (Å²) < 4.78 is 5.18. The molecular formula is C18H22N2O3. The van der Waals surface area contributed by atoms with Crippen LogP contribution in [0.4, 0.5) is 0 Å². The van der Waals surface area contributed by atoms with E-state index in [1.807, 2.05) is 42.3 Å². The first-order valence-corrected chi connectivity index (χ1v) is 8.15. The molecule has 5 heteroatoms. The predicted octanol–water partition coefficient (Wildman–Crippen LogP) is 2.65. The molecule has 0 bridgehead atoms. The first-order chi connectivity index (χ1) is 11.1. The van der Waals surface area contributed by atoms with E-state index < -0.39 is 0 Å². The molecule has 0 spiro atoms. The molecule has 1 aliphatic heterocycles. The number of esters is 1. The molecule has 1 aromatic carbocycles. The van der Waals surface area contributed by atoms with Crippen molar-refractivity contribution >= 4 is 22.8 Å². The standard InChI is InChI=1S/C18H22N2O3/c1-13-6-4-5-9-20(13)17(21)12-23-18(22)10-14-11-19-16-8-3-2-7-15(14)16/h2-3,7-8,11,13,19H,4-6,9-10,12H2,1H3/t13-/m1/s1. The summed E-state index contributed by atoms with van der Waals surface area (Å²) in [6.45, 7) is 2.65. The molecule has 23 heavy (non-hydrogen) atoms. The number of fused-ring (bicyclic) bond motifs is 1. The van der Waals surface area contributed by atoms with Crippen LogP contribution in [0.25, 0.3) is 10.9 Å². The lowest BCUT2D eigenvalue weighted by atomic mass is 10.0. The summed E-state index contributed by atoms with van der Waals surface area (Å²) in [5, 5.41) is 1.01. The number of carbonyl (C=O) groups excluding carboxylic acids is 2. The smallest absolute Gasteiger partial charge is 0.310 e. The number of likely N-dealkylation sites (tertiary alicyclic amines) is 1. The van der Waals surface area contributed by atoms with Gasteiger partial charge in [-0.25, -0.2) is 0 Å². The van der Waals surface area contributed by atoms with Gasteiger partial charge >= 0.3 is 5.97 Å². The molecule has 2 heterocycles. The molecule has 3 rings (SSSR count). The molecule has 122 valence electrons. The number of aromatic nitrogens is 1. The summed E-state index contributed by atoms with van der Waals surface area (Å²) in [6, 6.07) is 8.05. The summed E-state index contributed by atoms with van der Waals surface area (Å²) in [4.78, 5) is 29.1. The van der Waals surface area contributed by atoms with Crippen LogP contribution in [-0.4, -0.2) is 41.0 Å². The van der Waals surface area contributed by atoms with Crippen molar-refractivity contribution in [2.75, 3.05) is 13.2 Å². The van der Waals surface area contributed by atoms with E-state index >= 15 is 0 Å². The Morgan fingerprint density at radius 2 is 2.13 bits per heavy atom. The lowest BCUT2D eigenvalue weighted by molar-refractivity contribution is -0.152. The van der Waals surface area contributed by atoms with Gasteiger partial charge in [-0.1, -0.05) is 18.2 Å². The number of ether oxygens (including phenoxy) is 1. The van der Waals surface area contributed by atoms with Gasteiger partial charge in [-0.05, 0) is 37.8 Å². The van der Waals surface area contributed by atoms with Crippen molar-refractivity contribution in [2.24, 2.45) is 0 Å². The zero-order valence-electron chi connectivity index (χ0n) is 13.4. The van der Waals surface area contributed by atoms with Crippen LogP contribution in [0.5, 0.6) is 0 Å². The zero-order chi connectivity index (χ0) is 16.2. The van der Waals surface area contributed by atoms with E-state index in [1.54, 1.807) is 0 Å². The first-order valence-electron chi connectivity index (χ1n) is 8.15. The van der Waals surface area contributed by atoms with Gasteiger partial charge in [0.1, 0.15) is 0 Å². The minimum Gasteiger partial charge on any atom is -0.455 e. The van der Waals surface area contributed by atoms with Gasteiger partial charge in [-0.3, -0.25) is 9.59 Å². The Hall–Kier alpha value is -2.30. The SMILES string of the molecule is C[C@@H]1CCCCN1C(=O)COC(=O)Cc1c[nH]c2ccccc12. The fourth-order valence-corrected chi connectivity index (χ4v) is 3.18. The number of hydrogen-bond donors (Lipinski definition) is 1. The summed E-state index contributed by atoms with van der Waals surface area (Å²) in [6.07, 6.45) is 5.20. The average Bonchev–Trinajstić information content (AvgIpc) is 2.96. The van der Waals surface area contributed by atoms with Crippen molar-refractivity contribution in [2.45, 2.75) is 38.6 Å². The molecule has 0 unspecified atom stereocenters. The number of rotatable bonds is 4. The van der Waals surface area contributed by atoms with Crippen molar-refractivity contribution < 1.29 is 14.3 Å². The minimum atomic E-state index is -0.368. The molecule has 1 saturated heterocycles. The Balaban J connectivity index is 1.54. The molecule has 0 radical (unpaired) electrons. The molecule has 1 aliphatic rings. The van der Waals surface area contributed by atoms with Crippen LogP contribution >= 0.6 is 0 Å². The number of nitrogens with zero attached hydrogens (tertiary/aromatic N) is 1. The number of piperidine rings is 1. The van der Waals surface area contributed by atoms with Crippen LogP contribution in [0.3, 0.4) is 0 Å². The highest BCUT2D eigenvalue weighted by molar-refractivity contribution is 5.88. The normalized spacial score (nSPS) is 18.1. The third-order valence-corrected chi connectivity index (χ3v) is 4.49. The van der Waals surface area contributed by atoms with Crippen LogP contribution in [0.15, 0.2) is 30.5 Å². The molecular weight excluding hydrogens is 292 g/mol. The highest BCUT2D eigenvalue weighted by Gasteiger charge is 2.24. The lowest BCUT2D eigenvalue weighted by Crippen LogP contribution is -2.44. The second-order valence-corrected chi connectivity index (χ2v) is 6.13. The van der Waals surface area contributed by atoms with Crippen LogP contribution in [0.2, 0.25) is 0 Å². The van der Waals surface area contributed by atoms with Gasteiger partial charge < -0.3 is 14.6 Å². The molecule has 1 amide bonds. The molecule has 1 aromatic heterocycles. The number of hydrogen-bond acceptors (Lipinski definition) is 3. The third kappa shape index (κ3) is 3.55. The number of benzene rings is 1. The summed E-state index contributed by atoms with van der Waals surface area (Å²) >= 11 is 0. The summed E-state index contributed by atoms with van der Waals surface area (Å²) in [5.74, 6) is -0.461. The Labute approximate surface area is 135 Å². The minimum absolute atomic E-state index is 0.0931. The van der Waals surface area contributed by atoms with Gasteiger partial charge in [0, 0.05) is 29.7 Å². The molecule has 0 saturated carbocycles. The summed E-state index contributed by atoms with van der Waals surface area (Å²) in [7, 11) is 0. The lowest BCUT2D eigenvalue weighted by Gasteiger charge is -2.33. The van der Waals surface area contributed by atoms with Crippen molar-refractivity contribution in [1.29, 1.82) is 0 Å².